The standard InChI is InChI=1S/C6H13O9P/c7-3-1-14-6(10,5(9)4(3)8)2-15-16(11,12)13/h3-5,7-10H,1-2H2,(H2,11,12,13)/t3-,4+,5+,6?/m1/s1. The maximum atomic E-state index is 10.4. The highest BCUT2D eigenvalue weighted by atomic mass is 31.2. The molecule has 0 aliphatic carbocycles. The minimum absolute atomic E-state index is 0.501. The van der Waals surface area contributed by atoms with Crippen molar-refractivity contribution in [2.24, 2.45) is 0 Å². The molecule has 1 heterocycles. The third-order valence-electron chi connectivity index (χ3n) is 2.12. The zero-order chi connectivity index (χ0) is 12.6. The van der Waals surface area contributed by atoms with Crippen LogP contribution in [-0.2, 0) is 13.8 Å². The van der Waals surface area contributed by atoms with Gasteiger partial charge < -0.3 is 34.9 Å². The molecule has 0 spiro atoms. The number of aliphatic hydroxyl groups excluding tert-OH is 3. The van der Waals surface area contributed by atoms with Crippen molar-refractivity contribution in [1.82, 2.24) is 0 Å². The van der Waals surface area contributed by atoms with Crippen LogP contribution in [0.4, 0.5) is 0 Å². The lowest BCUT2D eigenvalue weighted by Crippen LogP contribution is -2.62. The van der Waals surface area contributed by atoms with E-state index in [2.05, 4.69) is 9.26 Å². The minimum atomic E-state index is -4.83. The molecule has 96 valence electrons. The van der Waals surface area contributed by atoms with Crippen LogP contribution in [0.5, 0.6) is 0 Å². The van der Waals surface area contributed by atoms with Crippen LogP contribution in [0.3, 0.4) is 0 Å². The van der Waals surface area contributed by atoms with Crippen molar-refractivity contribution in [2.45, 2.75) is 24.1 Å². The lowest BCUT2D eigenvalue weighted by Gasteiger charge is -2.41. The van der Waals surface area contributed by atoms with Gasteiger partial charge in [0.05, 0.1) is 6.61 Å². The first-order chi connectivity index (χ1) is 7.16. The zero-order valence-corrected chi connectivity index (χ0v) is 8.90. The summed E-state index contributed by atoms with van der Waals surface area (Å²) >= 11 is 0. The molecule has 10 heteroatoms. The second kappa shape index (κ2) is 4.65. The van der Waals surface area contributed by atoms with Gasteiger partial charge in [0.25, 0.3) is 0 Å². The van der Waals surface area contributed by atoms with Crippen molar-refractivity contribution < 1.29 is 44.0 Å². The fourth-order valence-electron chi connectivity index (χ4n) is 1.19. The molecule has 0 aromatic heterocycles. The Morgan fingerprint density at radius 1 is 1.38 bits per heavy atom. The molecule has 0 aromatic rings. The van der Waals surface area contributed by atoms with E-state index in [4.69, 9.17) is 14.9 Å². The Morgan fingerprint density at radius 2 is 1.94 bits per heavy atom. The summed E-state index contributed by atoms with van der Waals surface area (Å²) in [6.07, 6.45) is -5.03. The molecule has 6 N–H and O–H groups in total. The molecule has 0 bridgehead atoms. The second-order valence-corrected chi connectivity index (χ2v) is 4.66. The van der Waals surface area contributed by atoms with Crippen LogP contribution in [0.2, 0.25) is 0 Å². The van der Waals surface area contributed by atoms with Crippen molar-refractivity contribution in [3.05, 3.63) is 0 Å². The van der Waals surface area contributed by atoms with E-state index in [1.807, 2.05) is 0 Å². The molecule has 1 fully saturated rings. The van der Waals surface area contributed by atoms with Gasteiger partial charge in [-0.05, 0) is 0 Å². The van der Waals surface area contributed by atoms with Crippen LogP contribution in [0.25, 0.3) is 0 Å². The molecule has 16 heavy (non-hydrogen) atoms. The van der Waals surface area contributed by atoms with E-state index in [0.717, 1.165) is 0 Å². The van der Waals surface area contributed by atoms with E-state index in [9.17, 15) is 19.9 Å². The highest BCUT2D eigenvalue weighted by Gasteiger charge is 2.49. The molecule has 9 nitrogen and oxygen atoms in total. The monoisotopic (exact) mass is 260 g/mol. The first-order valence-electron chi connectivity index (χ1n) is 4.26. The van der Waals surface area contributed by atoms with E-state index < -0.39 is 45.1 Å². The lowest BCUT2D eigenvalue weighted by molar-refractivity contribution is -0.329. The molecule has 0 amide bonds. The first-order valence-corrected chi connectivity index (χ1v) is 5.79. The van der Waals surface area contributed by atoms with Crippen molar-refractivity contribution in [3.8, 4) is 0 Å². The van der Waals surface area contributed by atoms with Crippen molar-refractivity contribution in [1.29, 1.82) is 0 Å². The van der Waals surface area contributed by atoms with Crippen molar-refractivity contribution in [3.63, 3.8) is 0 Å². The Labute approximate surface area is 90.1 Å². The number of hydrogen-bond donors (Lipinski definition) is 6. The maximum Gasteiger partial charge on any atom is 0.469 e. The van der Waals surface area contributed by atoms with Gasteiger partial charge in [-0.25, -0.2) is 4.57 Å². The van der Waals surface area contributed by atoms with Gasteiger partial charge in [-0.1, -0.05) is 0 Å². The maximum absolute atomic E-state index is 10.4. The number of ether oxygens (including phenoxy) is 1. The van der Waals surface area contributed by atoms with Gasteiger partial charge >= 0.3 is 7.82 Å². The summed E-state index contributed by atoms with van der Waals surface area (Å²) in [7, 11) is -4.83. The van der Waals surface area contributed by atoms with Crippen molar-refractivity contribution >= 4 is 7.82 Å². The quantitative estimate of drug-likeness (QED) is 0.289. The van der Waals surface area contributed by atoms with E-state index in [-0.39, 0.29) is 0 Å². The summed E-state index contributed by atoms with van der Waals surface area (Å²) in [6, 6.07) is 0. The van der Waals surface area contributed by atoms with E-state index in [1.54, 1.807) is 0 Å². The van der Waals surface area contributed by atoms with Crippen molar-refractivity contribution in [2.75, 3.05) is 13.2 Å². The first kappa shape index (κ1) is 14.0. The van der Waals surface area contributed by atoms with Crippen LogP contribution in [0.15, 0.2) is 0 Å². The van der Waals surface area contributed by atoms with Crippen LogP contribution < -0.4 is 0 Å². The summed E-state index contributed by atoms with van der Waals surface area (Å²) in [5.41, 5.74) is 0. The van der Waals surface area contributed by atoms with Gasteiger partial charge in [-0.2, -0.15) is 0 Å². The fourth-order valence-corrected chi connectivity index (χ4v) is 1.55. The molecular formula is C6H13O9P. The Kier molecular flexibility index (Phi) is 4.06. The number of hydrogen-bond acceptors (Lipinski definition) is 7. The van der Waals surface area contributed by atoms with E-state index >= 15 is 0 Å². The molecule has 1 saturated heterocycles. The molecule has 1 unspecified atom stereocenters. The Bertz CT molecular complexity index is 290. The number of phosphoric acid groups is 1. The molecule has 1 rings (SSSR count). The van der Waals surface area contributed by atoms with E-state index in [0.29, 0.717) is 0 Å². The zero-order valence-electron chi connectivity index (χ0n) is 8.00. The summed E-state index contributed by atoms with van der Waals surface area (Å²) in [5.74, 6) is -2.47. The summed E-state index contributed by atoms with van der Waals surface area (Å²) in [4.78, 5) is 16.8. The lowest BCUT2D eigenvalue weighted by atomic mass is 9.98. The van der Waals surface area contributed by atoms with Gasteiger partial charge in [-0.15, -0.1) is 0 Å². The predicted molar refractivity (Wildman–Crippen MR) is 46.9 cm³/mol. The van der Waals surface area contributed by atoms with Crippen LogP contribution in [0, 0.1) is 0 Å². The number of aliphatic hydroxyl groups is 4. The van der Waals surface area contributed by atoms with Crippen LogP contribution in [-0.4, -0.2) is 67.5 Å². The minimum Gasteiger partial charge on any atom is -0.388 e. The normalized spacial score (nSPS) is 41.0. The molecule has 1 aliphatic heterocycles. The molecule has 1 aliphatic rings. The molecular weight excluding hydrogens is 247 g/mol. The third kappa shape index (κ3) is 3.20. The van der Waals surface area contributed by atoms with Crippen LogP contribution in [0.1, 0.15) is 0 Å². The number of phosphoric ester groups is 1. The Hall–Kier alpha value is -0.0900. The van der Waals surface area contributed by atoms with Crippen LogP contribution >= 0.6 is 7.82 Å². The highest BCUT2D eigenvalue weighted by Crippen LogP contribution is 2.38. The average molecular weight is 260 g/mol. The van der Waals surface area contributed by atoms with Gasteiger partial charge in [-0.3, -0.25) is 4.52 Å². The van der Waals surface area contributed by atoms with Gasteiger partial charge in [0.15, 0.2) is 0 Å². The summed E-state index contributed by atoms with van der Waals surface area (Å²) < 4.78 is 18.9. The molecule has 0 radical (unpaired) electrons. The van der Waals surface area contributed by atoms with Gasteiger partial charge in [0.2, 0.25) is 5.79 Å². The second-order valence-electron chi connectivity index (χ2n) is 3.42. The Morgan fingerprint density at radius 3 is 2.44 bits per heavy atom. The van der Waals surface area contributed by atoms with E-state index in [1.165, 1.54) is 0 Å². The summed E-state index contributed by atoms with van der Waals surface area (Å²) in [5, 5.41) is 37.2. The fraction of sp³-hybridized carbons (Fsp3) is 1.00. The Balaban J connectivity index is 2.66. The summed E-state index contributed by atoms with van der Waals surface area (Å²) in [6.45, 7) is -1.54. The molecule has 0 saturated carbocycles. The predicted octanol–water partition coefficient (Wildman–Crippen LogP) is -3.10. The highest BCUT2D eigenvalue weighted by molar-refractivity contribution is 7.46. The number of rotatable bonds is 3. The largest absolute Gasteiger partial charge is 0.469 e. The SMILES string of the molecule is O=P(O)(O)OCC1(O)OC[C@@H](O)[C@H](O)[C@@H]1O. The smallest absolute Gasteiger partial charge is 0.388 e. The molecule has 4 atom stereocenters. The van der Waals surface area contributed by atoms with Gasteiger partial charge in [0.1, 0.15) is 24.9 Å². The molecule has 0 aromatic carbocycles. The van der Waals surface area contributed by atoms with Gasteiger partial charge in [0, 0.05) is 0 Å². The third-order valence-corrected chi connectivity index (χ3v) is 2.59. The topological polar surface area (TPSA) is 157 Å². The average Bonchev–Trinajstić information content (AvgIpc) is 2.18.